The first-order valence-electron chi connectivity index (χ1n) is 5.29. The molecule has 5 nitrogen and oxygen atoms in total. The number of rotatable bonds is 7. The first-order chi connectivity index (χ1) is 7.01. The number of nitrogens with one attached hydrogen (secondary N) is 1. The van der Waals surface area contributed by atoms with Crippen LogP contribution in [0.15, 0.2) is 0 Å². The molecule has 0 aromatic heterocycles. The number of carbonyl (C=O) groups excluding carboxylic acids is 1. The molecule has 0 spiro atoms. The summed E-state index contributed by atoms with van der Waals surface area (Å²) in [5, 5.41) is 11.2. The van der Waals surface area contributed by atoms with Crippen molar-refractivity contribution in [3.8, 4) is 0 Å². The minimum atomic E-state index is -1.05. The molecule has 0 aromatic carbocycles. The van der Waals surface area contributed by atoms with Gasteiger partial charge in [-0.05, 0) is 12.8 Å². The molecule has 0 rings (SSSR count). The molecule has 0 radical (unpaired) electrons. The Morgan fingerprint density at radius 2 is 2.00 bits per heavy atom. The minimum Gasteiger partial charge on any atom is -0.481 e. The number of carboxylic acids is 1. The predicted molar refractivity (Wildman–Crippen MR) is 57.4 cm³/mol. The summed E-state index contributed by atoms with van der Waals surface area (Å²) in [4.78, 5) is 21.8. The summed E-state index contributed by atoms with van der Waals surface area (Å²) in [6.07, 6.45) is 2.38. The Morgan fingerprint density at radius 3 is 2.40 bits per heavy atom. The van der Waals surface area contributed by atoms with Gasteiger partial charge in [0.1, 0.15) is 0 Å². The van der Waals surface area contributed by atoms with Crippen LogP contribution in [0.4, 0.5) is 0 Å². The van der Waals surface area contributed by atoms with Crippen LogP contribution >= 0.6 is 0 Å². The van der Waals surface area contributed by atoms with Crippen molar-refractivity contribution in [2.75, 3.05) is 0 Å². The van der Waals surface area contributed by atoms with Crippen LogP contribution in [0.2, 0.25) is 0 Å². The standard InChI is InChI=1S/C10H20N2O3/c1-3-5-7(4-2)12-10(15)8(11)6-9(13)14/h7-8H,3-6,11H2,1-2H3,(H,12,15)(H,13,14)/t7-,8+/m0/s1. The third-order valence-corrected chi connectivity index (χ3v) is 2.21. The van der Waals surface area contributed by atoms with Crippen LogP contribution in [0.3, 0.4) is 0 Å². The van der Waals surface area contributed by atoms with Crippen LogP contribution in [0.5, 0.6) is 0 Å². The second-order valence-electron chi connectivity index (χ2n) is 3.61. The van der Waals surface area contributed by atoms with Crippen molar-refractivity contribution in [3.63, 3.8) is 0 Å². The van der Waals surface area contributed by atoms with Gasteiger partial charge in [0, 0.05) is 6.04 Å². The van der Waals surface area contributed by atoms with Gasteiger partial charge in [-0.3, -0.25) is 9.59 Å². The summed E-state index contributed by atoms with van der Waals surface area (Å²) in [5.74, 6) is -1.43. The largest absolute Gasteiger partial charge is 0.481 e. The maximum atomic E-state index is 11.4. The first kappa shape index (κ1) is 13.9. The molecule has 0 aliphatic rings. The van der Waals surface area contributed by atoms with E-state index in [1.54, 1.807) is 0 Å². The van der Waals surface area contributed by atoms with Gasteiger partial charge < -0.3 is 16.2 Å². The van der Waals surface area contributed by atoms with Crippen LogP contribution in [0, 0.1) is 0 Å². The molecule has 0 fully saturated rings. The number of carbonyl (C=O) groups is 2. The van der Waals surface area contributed by atoms with Crippen LogP contribution < -0.4 is 11.1 Å². The van der Waals surface area contributed by atoms with Crippen molar-refractivity contribution < 1.29 is 14.7 Å². The summed E-state index contributed by atoms with van der Waals surface area (Å²) >= 11 is 0. The molecule has 0 bridgehead atoms. The molecule has 5 heteroatoms. The minimum absolute atomic E-state index is 0.0994. The number of hydrogen-bond acceptors (Lipinski definition) is 3. The molecule has 1 amide bonds. The molecule has 0 aliphatic heterocycles. The van der Waals surface area contributed by atoms with Crippen molar-refractivity contribution >= 4 is 11.9 Å². The zero-order chi connectivity index (χ0) is 11.8. The van der Waals surface area contributed by atoms with Gasteiger partial charge in [0.2, 0.25) is 5.91 Å². The van der Waals surface area contributed by atoms with Gasteiger partial charge in [0.05, 0.1) is 12.5 Å². The van der Waals surface area contributed by atoms with Crippen molar-refractivity contribution in [3.05, 3.63) is 0 Å². The second kappa shape index (κ2) is 7.23. The van der Waals surface area contributed by atoms with E-state index in [1.165, 1.54) is 0 Å². The summed E-state index contributed by atoms with van der Waals surface area (Å²) in [7, 11) is 0. The van der Waals surface area contributed by atoms with E-state index in [0.29, 0.717) is 0 Å². The van der Waals surface area contributed by atoms with Gasteiger partial charge in [0.15, 0.2) is 0 Å². The fraction of sp³-hybridized carbons (Fsp3) is 0.800. The van der Waals surface area contributed by atoms with Crippen molar-refractivity contribution in [1.29, 1.82) is 0 Å². The zero-order valence-electron chi connectivity index (χ0n) is 9.32. The van der Waals surface area contributed by atoms with Gasteiger partial charge in [-0.15, -0.1) is 0 Å². The summed E-state index contributed by atoms with van der Waals surface area (Å²) in [6, 6.07) is -0.851. The van der Waals surface area contributed by atoms with E-state index < -0.39 is 12.0 Å². The van der Waals surface area contributed by atoms with E-state index in [1.807, 2.05) is 13.8 Å². The lowest BCUT2D eigenvalue weighted by atomic mass is 10.1. The highest BCUT2D eigenvalue weighted by atomic mass is 16.4. The number of nitrogens with two attached hydrogens (primary N) is 1. The molecule has 88 valence electrons. The number of carboxylic acid groups (broad SMARTS) is 1. The fourth-order valence-electron chi connectivity index (χ4n) is 1.32. The quantitative estimate of drug-likeness (QED) is 0.577. The van der Waals surface area contributed by atoms with Gasteiger partial charge >= 0.3 is 5.97 Å². The molecule has 4 N–H and O–H groups in total. The SMILES string of the molecule is CCC[C@H](CC)NC(=O)[C@H](N)CC(=O)O. The second-order valence-corrected chi connectivity index (χ2v) is 3.61. The Labute approximate surface area is 90.0 Å². The molecule has 0 aliphatic carbocycles. The maximum absolute atomic E-state index is 11.4. The van der Waals surface area contributed by atoms with Crippen LogP contribution in [-0.2, 0) is 9.59 Å². The normalized spacial score (nSPS) is 14.3. The van der Waals surface area contributed by atoms with Gasteiger partial charge in [-0.2, -0.15) is 0 Å². The molecule has 0 unspecified atom stereocenters. The summed E-state index contributed by atoms with van der Waals surface area (Å²) < 4.78 is 0. The highest BCUT2D eigenvalue weighted by molar-refractivity contribution is 5.86. The zero-order valence-corrected chi connectivity index (χ0v) is 9.32. The monoisotopic (exact) mass is 216 g/mol. The Kier molecular flexibility index (Phi) is 6.70. The lowest BCUT2D eigenvalue weighted by molar-refractivity contribution is -0.139. The molecule has 0 saturated carbocycles. The van der Waals surface area contributed by atoms with Gasteiger partial charge in [-0.1, -0.05) is 20.3 Å². The summed E-state index contributed by atoms with van der Waals surface area (Å²) in [5.41, 5.74) is 5.42. The van der Waals surface area contributed by atoms with Crippen LogP contribution in [-0.4, -0.2) is 29.1 Å². The molecular formula is C10H20N2O3. The highest BCUT2D eigenvalue weighted by Crippen LogP contribution is 2.01. The third kappa shape index (κ3) is 6.06. The molecular weight excluding hydrogens is 196 g/mol. The first-order valence-corrected chi connectivity index (χ1v) is 5.29. The Balaban J connectivity index is 4.03. The van der Waals surface area contributed by atoms with E-state index in [9.17, 15) is 9.59 Å². The van der Waals surface area contributed by atoms with Crippen LogP contribution in [0.1, 0.15) is 39.5 Å². The molecule has 0 saturated heterocycles. The number of hydrogen-bond donors (Lipinski definition) is 3. The molecule has 0 aromatic rings. The van der Waals surface area contributed by atoms with E-state index >= 15 is 0 Å². The van der Waals surface area contributed by atoms with E-state index in [-0.39, 0.29) is 18.4 Å². The van der Waals surface area contributed by atoms with E-state index in [2.05, 4.69) is 5.32 Å². The number of aliphatic carboxylic acids is 1. The molecule has 0 heterocycles. The Bertz CT molecular complexity index is 219. The van der Waals surface area contributed by atoms with Gasteiger partial charge in [-0.25, -0.2) is 0 Å². The lowest BCUT2D eigenvalue weighted by Gasteiger charge is -2.18. The Hall–Kier alpha value is -1.10. The molecule has 2 atom stereocenters. The Morgan fingerprint density at radius 1 is 1.40 bits per heavy atom. The predicted octanol–water partition coefficient (Wildman–Crippen LogP) is 0.483. The van der Waals surface area contributed by atoms with Crippen molar-refractivity contribution in [2.24, 2.45) is 5.73 Å². The molecule has 15 heavy (non-hydrogen) atoms. The average Bonchev–Trinajstić information content (AvgIpc) is 2.15. The van der Waals surface area contributed by atoms with Gasteiger partial charge in [0.25, 0.3) is 0 Å². The van der Waals surface area contributed by atoms with Crippen LogP contribution in [0.25, 0.3) is 0 Å². The third-order valence-electron chi connectivity index (χ3n) is 2.21. The highest BCUT2D eigenvalue weighted by Gasteiger charge is 2.19. The topological polar surface area (TPSA) is 92.4 Å². The fourth-order valence-corrected chi connectivity index (χ4v) is 1.32. The van der Waals surface area contributed by atoms with Crippen molar-refractivity contribution in [1.82, 2.24) is 5.32 Å². The smallest absolute Gasteiger partial charge is 0.305 e. The average molecular weight is 216 g/mol. The number of amides is 1. The van der Waals surface area contributed by atoms with Crippen molar-refractivity contribution in [2.45, 2.75) is 51.6 Å². The summed E-state index contributed by atoms with van der Waals surface area (Å²) in [6.45, 7) is 4.01. The maximum Gasteiger partial charge on any atom is 0.305 e. The van der Waals surface area contributed by atoms with E-state index in [0.717, 1.165) is 19.3 Å². The van der Waals surface area contributed by atoms with E-state index in [4.69, 9.17) is 10.8 Å². The lowest BCUT2D eigenvalue weighted by Crippen LogP contribution is -2.46.